The summed E-state index contributed by atoms with van der Waals surface area (Å²) in [5.74, 6) is -0.550. The van der Waals surface area contributed by atoms with Crippen molar-refractivity contribution < 1.29 is 9.15 Å². The molecule has 0 saturated heterocycles. The molecule has 2 aromatic heterocycles. The van der Waals surface area contributed by atoms with Crippen LogP contribution in [-0.2, 0) is 0 Å². The van der Waals surface area contributed by atoms with Crippen LogP contribution in [0.25, 0.3) is 11.5 Å². The maximum atomic E-state index is 10.5. The summed E-state index contributed by atoms with van der Waals surface area (Å²) in [5, 5.41) is 10.0. The Morgan fingerprint density at radius 2 is 2.17 bits per heavy atom. The van der Waals surface area contributed by atoms with E-state index in [2.05, 4.69) is 29.6 Å². The van der Waals surface area contributed by atoms with Crippen LogP contribution in [0, 0.1) is 0 Å². The Labute approximate surface area is 64.3 Å². The van der Waals surface area contributed by atoms with Crippen LogP contribution in [0.1, 0.15) is 0 Å². The molecule has 12 heavy (non-hydrogen) atoms. The third-order valence-corrected chi connectivity index (χ3v) is 1.18. The average molecular weight is 169 g/mol. The van der Waals surface area contributed by atoms with Crippen LogP contribution in [0.3, 0.4) is 0 Å². The van der Waals surface area contributed by atoms with Gasteiger partial charge in [0, 0.05) is 0 Å². The van der Waals surface area contributed by atoms with Gasteiger partial charge >= 0.3 is 5.76 Å². The summed E-state index contributed by atoms with van der Waals surface area (Å²) in [6.45, 7) is 0. The van der Waals surface area contributed by atoms with Crippen molar-refractivity contribution in [2.24, 2.45) is 0 Å². The fraction of sp³-hybridized carbons (Fsp3) is 0. The van der Waals surface area contributed by atoms with E-state index in [0.29, 0.717) is 0 Å². The molecular weight excluding hydrogens is 166 g/mol. The van der Waals surface area contributed by atoms with Gasteiger partial charge in [-0.1, -0.05) is 5.16 Å². The van der Waals surface area contributed by atoms with Gasteiger partial charge in [-0.2, -0.15) is 0 Å². The zero-order chi connectivity index (χ0) is 8.55. The first-order chi connectivity index (χ1) is 5.77. The number of nitrogen functional groups attached to an aromatic ring is 1. The fourth-order valence-electron chi connectivity index (χ4n) is 0.692. The zero-order valence-electron chi connectivity index (χ0n) is 5.64. The number of anilines is 1. The number of aromatic amines is 1. The van der Waals surface area contributed by atoms with Crippen molar-refractivity contribution in [2.75, 3.05) is 5.73 Å². The van der Waals surface area contributed by atoms with Crippen molar-refractivity contribution in [3.05, 3.63) is 10.6 Å². The maximum absolute atomic E-state index is 10.5. The number of aromatic nitrogens is 4. The average Bonchev–Trinajstić information content (AvgIpc) is 2.58. The minimum atomic E-state index is -0.688. The molecule has 0 radical (unpaired) electrons. The van der Waals surface area contributed by atoms with Crippen LogP contribution >= 0.6 is 0 Å². The molecule has 0 amide bonds. The number of nitrogens with one attached hydrogen (secondary N) is 1. The molecular formula is C4H3N5O3. The predicted molar refractivity (Wildman–Crippen MR) is 34.8 cm³/mol. The molecule has 0 bridgehead atoms. The molecule has 0 aromatic carbocycles. The van der Waals surface area contributed by atoms with Crippen LogP contribution in [0.15, 0.2) is 13.9 Å². The standard InChI is InChI=1S/C4H3N5O3/c5-2-1(7-12-8-2)3-6-4(10)11-9-3/h(H2,5,8)(H,6,9,10). The first kappa shape index (κ1) is 6.58. The largest absolute Gasteiger partial charge is 0.439 e. The lowest BCUT2D eigenvalue weighted by Gasteiger charge is -1.82. The molecule has 2 rings (SSSR count). The van der Waals surface area contributed by atoms with Crippen LogP contribution < -0.4 is 11.5 Å². The van der Waals surface area contributed by atoms with Gasteiger partial charge in [0.1, 0.15) is 0 Å². The van der Waals surface area contributed by atoms with Crippen molar-refractivity contribution in [3.63, 3.8) is 0 Å². The summed E-state index contributed by atoms with van der Waals surface area (Å²) in [5.41, 5.74) is 5.46. The molecule has 62 valence electrons. The van der Waals surface area contributed by atoms with E-state index in [-0.39, 0.29) is 17.3 Å². The van der Waals surface area contributed by atoms with Gasteiger partial charge in [0.2, 0.25) is 5.82 Å². The van der Waals surface area contributed by atoms with Crippen molar-refractivity contribution in [1.29, 1.82) is 0 Å². The summed E-state index contributed by atoms with van der Waals surface area (Å²) >= 11 is 0. The molecule has 0 saturated carbocycles. The Kier molecular flexibility index (Phi) is 1.20. The highest BCUT2D eigenvalue weighted by Gasteiger charge is 2.13. The molecule has 0 atom stereocenters. The second kappa shape index (κ2) is 2.19. The number of H-pyrrole nitrogens is 1. The Balaban J connectivity index is 2.57. The van der Waals surface area contributed by atoms with Crippen LogP contribution in [0.5, 0.6) is 0 Å². The molecule has 0 aliphatic rings. The third-order valence-electron chi connectivity index (χ3n) is 1.18. The highest BCUT2D eigenvalue weighted by Crippen LogP contribution is 2.15. The summed E-state index contributed by atoms with van der Waals surface area (Å²) in [7, 11) is 0. The highest BCUT2D eigenvalue weighted by atomic mass is 16.6. The second-order valence-electron chi connectivity index (χ2n) is 1.94. The monoisotopic (exact) mass is 169 g/mol. The van der Waals surface area contributed by atoms with Gasteiger partial charge in [-0.25, -0.2) is 9.42 Å². The normalized spacial score (nSPS) is 10.3. The molecule has 8 nitrogen and oxygen atoms in total. The molecule has 0 aliphatic heterocycles. The predicted octanol–water partition coefficient (Wildman–Crippen LogP) is -1.00. The summed E-state index contributed by atoms with van der Waals surface area (Å²) in [4.78, 5) is 12.7. The van der Waals surface area contributed by atoms with Crippen LogP contribution in [-0.4, -0.2) is 20.5 Å². The maximum Gasteiger partial charge on any atom is 0.439 e. The molecule has 8 heteroatoms. The summed E-state index contributed by atoms with van der Waals surface area (Å²) in [6, 6.07) is 0. The molecule has 0 fully saturated rings. The molecule has 2 heterocycles. The van der Waals surface area contributed by atoms with Gasteiger partial charge in [0.05, 0.1) is 0 Å². The van der Waals surface area contributed by atoms with E-state index >= 15 is 0 Å². The number of hydrogen-bond acceptors (Lipinski definition) is 7. The topological polar surface area (TPSA) is 124 Å². The lowest BCUT2D eigenvalue weighted by atomic mass is 10.4. The van der Waals surface area contributed by atoms with Gasteiger partial charge in [0.15, 0.2) is 11.5 Å². The molecule has 0 aliphatic carbocycles. The Morgan fingerprint density at radius 1 is 1.33 bits per heavy atom. The van der Waals surface area contributed by atoms with E-state index in [1.165, 1.54) is 0 Å². The smallest absolute Gasteiger partial charge is 0.379 e. The van der Waals surface area contributed by atoms with E-state index in [9.17, 15) is 4.79 Å². The highest BCUT2D eigenvalue weighted by molar-refractivity contribution is 5.61. The first-order valence-electron chi connectivity index (χ1n) is 2.92. The molecule has 2 aromatic rings. The fourth-order valence-corrected chi connectivity index (χ4v) is 0.692. The van der Waals surface area contributed by atoms with Gasteiger partial charge < -0.3 is 5.73 Å². The van der Waals surface area contributed by atoms with Crippen molar-refractivity contribution in [1.82, 2.24) is 20.5 Å². The van der Waals surface area contributed by atoms with Crippen LogP contribution in [0.4, 0.5) is 5.82 Å². The van der Waals surface area contributed by atoms with Crippen LogP contribution in [0.2, 0.25) is 0 Å². The molecule has 0 spiro atoms. The minimum absolute atomic E-state index is 0.0413. The van der Waals surface area contributed by atoms with E-state index < -0.39 is 5.76 Å². The summed E-state index contributed by atoms with van der Waals surface area (Å²) < 4.78 is 8.50. The molecule has 0 unspecified atom stereocenters. The Bertz CT molecular complexity index is 439. The number of rotatable bonds is 1. The quantitative estimate of drug-likeness (QED) is 0.560. The summed E-state index contributed by atoms with van der Waals surface area (Å²) in [6.07, 6.45) is 0. The Morgan fingerprint density at radius 3 is 2.67 bits per heavy atom. The van der Waals surface area contributed by atoms with E-state index in [1.54, 1.807) is 0 Å². The van der Waals surface area contributed by atoms with Crippen molar-refractivity contribution >= 4 is 5.82 Å². The second-order valence-corrected chi connectivity index (χ2v) is 1.94. The van der Waals surface area contributed by atoms with E-state index in [1.807, 2.05) is 0 Å². The van der Waals surface area contributed by atoms with Gasteiger partial charge in [0.25, 0.3) is 0 Å². The Hall–Kier alpha value is -2.12. The lowest BCUT2D eigenvalue weighted by Crippen LogP contribution is -1.96. The number of hydrogen-bond donors (Lipinski definition) is 2. The van der Waals surface area contributed by atoms with E-state index in [4.69, 9.17) is 5.73 Å². The van der Waals surface area contributed by atoms with Gasteiger partial charge in [-0.05, 0) is 10.3 Å². The van der Waals surface area contributed by atoms with Crippen molar-refractivity contribution in [3.8, 4) is 11.5 Å². The SMILES string of the molecule is Nc1nonc1-c1noc(=O)[nH]1. The number of nitrogens with zero attached hydrogens (tertiary/aromatic N) is 3. The molecule has 3 N–H and O–H groups in total. The van der Waals surface area contributed by atoms with Gasteiger partial charge in [-0.15, -0.1) is 0 Å². The minimum Gasteiger partial charge on any atom is -0.379 e. The zero-order valence-corrected chi connectivity index (χ0v) is 5.64. The lowest BCUT2D eigenvalue weighted by molar-refractivity contribution is 0.310. The number of nitrogens with two attached hydrogens (primary N) is 1. The van der Waals surface area contributed by atoms with Gasteiger partial charge in [-0.3, -0.25) is 9.51 Å². The van der Waals surface area contributed by atoms with Crippen molar-refractivity contribution in [2.45, 2.75) is 0 Å². The van der Waals surface area contributed by atoms with E-state index in [0.717, 1.165) is 0 Å². The first-order valence-corrected chi connectivity index (χ1v) is 2.92. The third kappa shape index (κ3) is 0.856.